The minimum atomic E-state index is -0.581. The number of nitrogens with one attached hydrogen (secondary N) is 1. The van der Waals surface area contributed by atoms with Crippen molar-refractivity contribution in [3.8, 4) is 0 Å². The third kappa shape index (κ3) is 1.37. The molecule has 0 radical (unpaired) electrons. The highest BCUT2D eigenvalue weighted by atomic mass is 16.3. The first-order valence-corrected chi connectivity index (χ1v) is 4.96. The molecule has 2 atom stereocenters. The van der Waals surface area contributed by atoms with Crippen molar-refractivity contribution in [3.05, 3.63) is 0 Å². The normalized spacial score (nSPS) is 32.5. The van der Waals surface area contributed by atoms with Crippen LogP contribution in [0, 0.1) is 0 Å². The van der Waals surface area contributed by atoms with E-state index in [9.17, 15) is 9.59 Å². The number of nitrogens with zero attached hydrogens (tertiary/aromatic N) is 1. The molecular weight excluding hydrogens is 184 g/mol. The Kier molecular flexibility index (Phi) is 2.41. The lowest BCUT2D eigenvalue weighted by Gasteiger charge is -2.43. The summed E-state index contributed by atoms with van der Waals surface area (Å²) in [5.74, 6) is -1.03. The third-order valence-corrected chi connectivity index (χ3v) is 2.98. The minimum Gasteiger partial charge on any atom is -0.394 e. The van der Waals surface area contributed by atoms with E-state index < -0.39 is 11.8 Å². The molecule has 2 unspecified atom stereocenters. The number of aliphatic hydroxyl groups excluding tert-OH is 1. The van der Waals surface area contributed by atoms with E-state index in [1.165, 1.54) is 0 Å². The monoisotopic (exact) mass is 198 g/mol. The third-order valence-electron chi connectivity index (χ3n) is 2.98. The summed E-state index contributed by atoms with van der Waals surface area (Å²) < 4.78 is 0. The van der Waals surface area contributed by atoms with Crippen LogP contribution in [0.5, 0.6) is 0 Å². The van der Waals surface area contributed by atoms with Crippen LogP contribution in [0.25, 0.3) is 0 Å². The van der Waals surface area contributed by atoms with Gasteiger partial charge in [0.25, 0.3) is 0 Å². The van der Waals surface area contributed by atoms with Gasteiger partial charge in [-0.25, -0.2) is 0 Å². The molecule has 2 fully saturated rings. The van der Waals surface area contributed by atoms with Crippen molar-refractivity contribution in [2.45, 2.75) is 31.3 Å². The van der Waals surface area contributed by atoms with Crippen LogP contribution in [-0.4, -0.2) is 47.1 Å². The minimum absolute atomic E-state index is 0.000972. The highest BCUT2D eigenvalue weighted by Gasteiger charge is 2.40. The van der Waals surface area contributed by atoms with Crippen LogP contribution in [0.4, 0.5) is 0 Å². The van der Waals surface area contributed by atoms with Gasteiger partial charge in [-0.05, 0) is 19.3 Å². The van der Waals surface area contributed by atoms with Crippen LogP contribution in [-0.2, 0) is 9.59 Å². The van der Waals surface area contributed by atoms with Gasteiger partial charge in [0.2, 0.25) is 0 Å². The standard InChI is InChI=1S/C9H14N2O3/c12-5-6-7-3-1-2-4-11(7)9(14)8(13)10-6/h6-7,12H,1-5H2,(H,10,13). The molecule has 2 heterocycles. The molecule has 5 nitrogen and oxygen atoms in total. The maximum atomic E-state index is 11.5. The number of fused-ring (bicyclic) bond motifs is 1. The van der Waals surface area contributed by atoms with Crippen molar-refractivity contribution < 1.29 is 14.7 Å². The number of piperidine rings is 1. The maximum Gasteiger partial charge on any atom is 0.312 e. The molecule has 0 aromatic rings. The number of piperazine rings is 1. The van der Waals surface area contributed by atoms with Crippen LogP contribution in [0.15, 0.2) is 0 Å². The van der Waals surface area contributed by atoms with E-state index in [-0.39, 0.29) is 18.7 Å². The zero-order valence-corrected chi connectivity index (χ0v) is 7.90. The van der Waals surface area contributed by atoms with Gasteiger partial charge in [-0.2, -0.15) is 0 Å². The van der Waals surface area contributed by atoms with Gasteiger partial charge >= 0.3 is 11.8 Å². The fourth-order valence-electron chi connectivity index (χ4n) is 2.25. The van der Waals surface area contributed by atoms with E-state index in [1.54, 1.807) is 4.90 Å². The smallest absolute Gasteiger partial charge is 0.312 e. The van der Waals surface area contributed by atoms with Gasteiger partial charge in [-0.1, -0.05) is 0 Å². The fourth-order valence-corrected chi connectivity index (χ4v) is 2.25. The molecule has 0 aliphatic carbocycles. The van der Waals surface area contributed by atoms with Crippen molar-refractivity contribution in [2.75, 3.05) is 13.2 Å². The van der Waals surface area contributed by atoms with E-state index in [4.69, 9.17) is 5.11 Å². The average Bonchev–Trinajstić information content (AvgIpc) is 2.23. The van der Waals surface area contributed by atoms with Crippen LogP contribution in [0.1, 0.15) is 19.3 Å². The Bertz CT molecular complexity index is 267. The SMILES string of the molecule is O=C1NC(CO)C2CCCCN2C1=O. The summed E-state index contributed by atoms with van der Waals surface area (Å²) in [4.78, 5) is 24.3. The molecule has 2 rings (SSSR count). The number of carbonyl (C=O) groups excluding carboxylic acids is 2. The second-order valence-corrected chi connectivity index (χ2v) is 3.82. The summed E-state index contributed by atoms with van der Waals surface area (Å²) in [7, 11) is 0. The lowest BCUT2D eigenvalue weighted by atomic mass is 9.93. The zero-order chi connectivity index (χ0) is 10.1. The molecule has 78 valence electrons. The molecule has 0 aromatic heterocycles. The summed E-state index contributed by atoms with van der Waals surface area (Å²) in [6, 6.07) is -0.278. The van der Waals surface area contributed by atoms with Gasteiger partial charge in [0, 0.05) is 6.54 Å². The van der Waals surface area contributed by atoms with E-state index in [0.29, 0.717) is 6.54 Å². The van der Waals surface area contributed by atoms with Crippen molar-refractivity contribution in [1.82, 2.24) is 10.2 Å². The van der Waals surface area contributed by atoms with Crippen molar-refractivity contribution in [3.63, 3.8) is 0 Å². The molecule has 2 amide bonds. The first-order valence-electron chi connectivity index (χ1n) is 4.96. The Morgan fingerprint density at radius 2 is 2.21 bits per heavy atom. The van der Waals surface area contributed by atoms with Crippen LogP contribution >= 0.6 is 0 Å². The first-order chi connectivity index (χ1) is 6.74. The summed E-state index contributed by atoms with van der Waals surface area (Å²) in [6.45, 7) is 0.549. The van der Waals surface area contributed by atoms with E-state index in [0.717, 1.165) is 19.3 Å². The van der Waals surface area contributed by atoms with Gasteiger partial charge in [0.05, 0.1) is 18.7 Å². The number of carbonyl (C=O) groups is 2. The molecule has 0 bridgehead atoms. The second kappa shape index (κ2) is 3.57. The zero-order valence-electron chi connectivity index (χ0n) is 7.90. The molecule has 2 aliphatic heterocycles. The second-order valence-electron chi connectivity index (χ2n) is 3.82. The number of aliphatic hydroxyl groups is 1. The first kappa shape index (κ1) is 9.45. The van der Waals surface area contributed by atoms with Crippen molar-refractivity contribution in [1.29, 1.82) is 0 Å². The molecule has 0 aromatic carbocycles. The number of hydrogen-bond acceptors (Lipinski definition) is 3. The van der Waals surface area contributed by atoms with E-state index >= 15 is 0 Å². The molecule has 2 N–H and O–H groups in total. The van der Waals surface area contributed by atoms with Gasteiger partial charge in [0.1, 0.15) is 0 Å². The number of hydrogen-bond donors (Lipinski definition) is 2. The Balaban J connectivity index is 2.19. The fraction of sp³-hybridized carbons (Fsp3) is 0.778. The van der Waals surface area contributed by atoms with E-state index in [2.05, 4.69) is 5.32 Å². The summed E-state index contributed by atoms with van der Waals surface area (Å²) in [5.41, 5.74) is 0. The summed E-state index contributed by atoms with van der Waals surface area (Å²) in [5, 5.41) is 11.6. The lowest BCUT2D eigenvalue weighted by Crippen LogP contribution is -2.65. The van der Waals surface area contributed by atoms with Gasteiger partial charge in [0.15, 0.2) is 0 Å². The molecule has 0 saturated carbocycles. The molecule has 2 saturated heterocycles. The van der Waals surface area contributed by atoms with Crippen LogP contribution in [0.2, 0.25) is 0 Å². The number of amides is 2. The number of rotatable bonds is 1. The van der Waals surface area contributed by atoms with Crippen LogP contribution < -0.4 is 5.32 Å². The van der Waals surface area contributed by atoms with Gasteiger partial charge in [-0.3, -0.25) is 9.59 Å². The van der Waals surface area contributed by atoms with Gasteiger partial charge in [-0.15, -0.1) is 0 Å². The molecular formula is C9H14N2O3. The van der Waals surface area contributed by atoms with Crippen molar-refractivity contribution >= 4 is 11.8 Å². The van der Waals surface area contributed by atoms with Crippen LogP contribution in [0.3, 0.4) is 0 Å². The van der Waals surface area contributed by atoms with Gasteiger partial charge < -0.3 is 15.3 Å². The Morgan fingerprint density at radius 3 is 2.93 bits per heavy atom. The largest absolute Gasteiger partial charge is 0.394 e. The molecule has 0 spiro atoms. The molecule has 14 heavy (non-hydrogen) atoms. The Hall–Kier alpha value is -1.10. The summed E-state index contributed by atoms with van der Waals surface area (Å²) in [6.07, 6.45) is 2.88. The predicted octanol–water partition coefficient (Wildman–Crippen LogP) is -1.14. The highest BCUT2D eigenvalue weighted by molar-refractivity contribution is 6.35. The topological polar surface area (TPSA) is 69.6 Å². The quantitative estimate of drug-likeness (QED) is 0.523. The molecule has 2 aliphatic rings. The summed E-state index contributed by atoms with van der Waals surface area (Å²) >= 11 is 0. The Morgan fingerprint density at radius 1 is 1.43 bits per heavy atom. The Labute approximate surface area is 82.1 Å². The highest BCUT2D eigenvalue weighted by Crippen LogP contribution is 2.22. The maximum absolute atomic E-state index is 11.5. The lowest BCUT2D eigenvalue weighted by molar-refractivity contribution is -0.154. The van der Waals surface area contributed by atoms with Crippen molar-refractivity contribution in [2.24, 2.45) is 0 Å². The van der Waals surface area contributed by atoms with E-state index in [1.807, 2.05) is 0 Å². The predicted molar refractivity (Wildman–Crippen MR) is 48.4 cm³/mol. The average molecular weight is 198 g/mol. The molecule has 5 heteroatoms.